The Labute approximate surface area is 212 Å². The van der Waals surface area contributed by atoms with Gasteiger partial charge in [-0.3, -0.25) is 4.79 Å². The largest absolute Gasteiger partial charge is 0.488 e. The zero-order chi connectivity index (χ0) is 24.2. The monoisotopic (exact) mass is 498 g/mol. The van der Waals surface area contributed by atoms with Gasteiger partial charge in [-0.25, -0.2) is 5.43 Å². The molecule has 5 aromatic rings. The first-order valence-corrected chi connectivity index (χ1v) is 11.8. The zero-order valence-corrected chi connectivity index (χ0v) is 20.1. The molecular weight excluding hydrogens is 479 g/mol. The first-order chi connectivity index (χ1) is 17.1. The molecule has 1 N–H and O–H groups in total. The summed E-state index contributed by atoms with van der Waals surface area (Å²) < 4.78 is 6.27. The Morgan fingerprint density at radius 3 is 2.34 bits per heavy atom. The fraction of sp³-hybridized carbons (Fsp3) is 0.0345. The van der Waals surface area contributed by atoms with Gasteiger partial charge in [0, 0.05) is 10.6 Å². The van der Waals surface area contributed by atoms with Gasteiger partial charge in [0.25, 0.3) is 5.91 Å². The van der Waals surface area contributed by atoms with Gasteiger partial charge in [0.15, 0.2) is 0 Å². The lowest BCUT2D eigenvalue weighted by molar-refractivity contribution is 0.0955. The number of hydrogen-bond acceptors (Lipinski definition) is 3. The normalized spacial score (nSPS) is 11.3. The molecule has 0 fully saturated rings. The van der Waals surface area contributed by atoms with Crippen molar-refractivity contribution < 1.29 is 9.53 Å². The van der Waals surface area contributed by atoms with Gasteiger partial charge in [0.1, 0.15) is 12.4 Å². The molecule has 4 nitrogen and oxygen atoms in total. The minimum atomic E-state index is -0.429. The van der Waals surface area contributed by atoms with Crippen LogP contribution in [0, 0.1) is 0 Å². The van der Waals surface area contributed by atoms with Gasteiger partial charge in [-0.2, -0.15) is 5.10 Å². The molecule has 0 unspecified atom stereocenters. The topological polar surface area (TPSA) is 50.7 Å². The van der Waals surface area contributed by atoms with Gasteiger partial charge in [0.2, 0.25) is 0 Å². The molecule has 1 amide bonds. The number of nitrogens with one attached hydrogen (secondary N) is 1. The highest BCUT2D eigenvalue weighted by Crippen LogP contribution is 2.28. The number of amides is 1. The van der Waals surface area contributed by atoms with E-state index in [1.54, 1.807) is 18.3 Å². The predicted octanol–water partition coefficient (Wildman–Crippen LogP) is 7.64. The molecular formula is C29H20Cl2N2O2. The van der Waals surface area contributed by atoms with Crippen LogP contribution in [0.15, 0.2) is 102 Å². The molecule has 0 aliphatic heterocycles. The van der Waals surface area contributed by atoms with Crippen molar-refractivity contribution in [2.24, 2.45) is 5.10 Å². The van der Waals surface area contributed by atoms with E-state index in [2.05, 4.69) is 34.8 Å². The third-order valence-electron chi connectivity index (χ3n) is 5.73. The highest BCUT2D eigenvalue weighted by Gasteiger charge is 2.11. The summed E-state index contributed by atoms with van der Waals surface area (Å²) in [6.45, 7) is 0.396. The molecule has 0 aliphatic rings. The number of nitrogens with zero attached hydrogens (tertiary/aromatic N) is 1. The number of ether oxygens (including phenoxy) is 1. The second-order valence-corrected chi connectivity index (χ2v) is 8.79. The number of hydrogen-bond donors (Lipinski definition) is 1. The van der Waals surface area contributed by atoms with Crippen molar-refractivity contribution in [2.75, 3.05) is 0 Å². The molecule has 0 heterocycles. The smallest absolute Gasteiger partial charge is 0.272 e. The summed E-state index contributed by atoms with van der Waals surface area (Å²) >= 11 is 12.1. The van der Waals surface area contributed by atoms with E-state index in [1.807, 2.05) is 54.6 Å². The minimum Gasteiger partial charge on any atom is -0.488 e. The number of halogens is 2. The standard InChI is InChI=1S/C29H20Cl2N2O2/c30-22-13-14-25(27(31)16-22)29(34)33-32-17-26-24-11-4-2-7-20(24)12-15-28(26)35-18-21-9-5-8-19-6-1-3-10-23(19)21/h1-17H,18H2,(H,33,34)/b32-17-. The van der Waals surface area contributed by atoms with E-state index in [1.165, 1.54) is 6.07 Å². The van der Waals surface area contributed by atoms with Crippen LogP contribution < -0.4 is 10.2 Å². The molecule has 6 heteroatoms. The Morgan fingerprint density at radius 1 is 0.829 bits per heavy atom. The minimum absolute atomic E-state index is 0.259. The SMILES string of the molecule is O=C(N/N=C\c1c(OCc2cccc3ccccc23)ccc2ccccc12)c1ccc(Cl)cc1Cl. The van der Waals surface area contributed by atoms with Gasteiger partial charge >= 0.3 is 0 Å². The van der Waals surface area contributed by atoms with Crippen LogP contribution in [0.25, 0.3) is 21.5 Å². The number of fused-ring (bicyclic) bond motifs is 2. The Morgan fingerprint density at radius 2 is 1.54 bits per heavy atom. The predicted molar refractivity (Wildman–Crippen MR) is 144 cm³/mol. The second-order valence-electron chi connectivity index (χ2n) is 7.95. The van der Waals surface area contributed by atoms with Gasteiger partial charge in [-0.1, -0.05) is 96.0 Å². The van der Waals surface area contributed by atoms with E-state index in [0.29, 0.717) is 22.9 Å². The summed E-state index contributed by atoms with van der Waals surface area (Å²) in [7, 11) is 0. The summed E-state index contributed by atoms with van der Waals surface area (Å²) in [6.07, 6.45) is 1.60. The fourth-order valence-corrected chi connectivity index (χ4v) is 4.49. The van der Waals surface area contributed by atoms with Crippen LogP contribution in [-0.4, -0.2) is 12.1 Å². The highest BCUT2D eigenvalue weighted by molar-refractivity contribution is 6.36. The fourth-order valence-electron chi connectivity index (χ4n) is 4.00. The van der Waals surface area contributed by atoms with E-state index in [-0.39, 0.29) is 5.02 Å². The summed E-state index contributed by atoms with van der Waals surface area (Å²) in [5.41, 5.74) is 4.69. The van der Waals surface area contributed by atoms with Crippen molar-refractivity contribution in [3.05, 3.63) is 124 Å². The van der Waals surface area contributed by atoms with Crippen molar-refractivity contribution in [1.82, 2.24) is 5.43 Å². The van der Waals surface area contributed by atoms with E-state index in [0.717, 1.165) is 32.7 Å². The molecule has 5 rings (SSSR count). The number of benzene rings is 5. The van der Waals surface area contributed by atoms with E-state index in [9.17, 15) is 4.79 Å². The molecule has 0 spiro atoms. The van der Waals surface area contributed by atoms with E-state index < -0.39 is 5.91 Å². The quantitative estimate of drug-likeness (QED) is 0.193. The number of hydrazone groups is 1. The van der Waals surface area contributed by atoms with Crippen LogP contribution in [0.4, 0.5) is 0 Å². The zero-order valence-electron chi connectivity index (χ0n) is 18.5. The summed E-state index contributed by atoms with van der Waals surface area (Å²) in [5, 5.41) is 9.24. The Bertz CT molecular complexity index is 1580. The van der Waals surface area contributed by atoms with Gasteiger partial charge < -0.3 is 4.74 Å². The average molecular weight is 499 g/mol. The lowest BCUT2D eigenvalue weighted by atomic mass is 10.0. The molecule has 0 saturated carbocycles. The molecule has 35 heavy (non-hydrogen) atoms. The van der Waals surface area contributed by atoms with Crippen LogP contribution in [0.1, 0.15) is 21.5 Å². The van der Waals surface area contributed by atoms with Crippen molar-refractivity contribution in [1.29, 1.82) is 0 Å². The maximum Gasteiger partial charge on any atom is 0.272 e. The number of carbonyl (C=O) groups excluding carboxylic acids is 1. The van der Waals surface area contributed by atoms with Crippen molar-refractivity contribution in [2.45, 2.75) is 6.61 Å². The first-order valence-electron chi connectivity index (χ1n) is 11.0. The molecule has 0 bridgehead atoms. The van der Waals surface area contributed by atoms with Crippen LogP contribution in [0.3, 0.4) is 0 Å². The maximum absolute atomic E-state index is 12.6. The van der Waals surface area contributed by atoms with Crippen molar-refractivity contribution in [3.63, 3.8) is 0 Å². The number of rotatable bonds is 6. The van der Waals surface area contributed by atoms with E-state index in [4.69, 9.17) is 27.9 Å². The van der Waals surface area contributed by atoms with Crippen LogP contribution in [0.5, 0.6) is 5.75 Å². The van der Waals surface area contributed by atoms with Crippen LogP contribution in [-0.2, 0) is 6.61 Å². The number of carbonyl (C=O) groups is 1. The Balaban J connectivity index is 1.43. The summed E-state index contributed by atoms with van der Waals surface area (Å²) in [6, 6.07) is 31.0. The molecule has 0 aromatic heterocycles. The van der Waals surface area contributed by atoms with Gasteiger partial charge in [-0.05, 0) is 51.4 Å². The Hall–Kier alpha value is -3.86. The van der Waals surface area contributed by atoms with E-state index >= 15 is 0 Å². The molecule has 172 valence electrons. The van der Waals surface area contributed by atoms with Crippen LogP contribution in [0.2, 0.25) is 10.0 Å². The second kappa shape index (κ2) is 10.2. The molecule has 0 saturated heterocycles. The summed E-state index contributed by atoms with van der Waals surface area (Å²) in [4.78, 5) is 12.6. The third kappa shape index (κ3) is 4.99. The summed E-state index contributed by atoms with van der Waals surface area (Å²) in [5.74, 6) is 0.237. The van der Waals surface area contributed by atoms with Crippen LogP contribution >= 0.6 is 23.2 Å². The van der Waals surface area contributed by atoms with Crippen molar-refractivity contribution in [3.8, 4) is 5.75 Å². The first kappa shape index (κ1) is 22.9. The molecule has 5 aromatic carbocycles. The van der Waals surface area contributed by atoms with Gasteiger partial charge in [-0.15, -0.1) is 0 Å². The highest BCUT2D eigenvalue weighted by atomic mass is 35.5. The lowest BCUT2D eigenvalue weighted by Gasteiger charge is -2.13. The van der Waals surface area contributed by atoms with Gasteiger partial charge in [0.05, 0.1) is 16.8 Å². The Kier molecular flexibility index (Phi) is 6.66. The van der Waals surface area contributed by atoms with Crippen molar-refractivity contribution >= 4 is 56.9 Å². The average Bonchev–Trinajstić information content (AvgIpc) is 2.88. The third-order valence-corrected chi connectivity index (χ3v) is 6.28. The molecule has 0 aliphatic carbocycles. The molecule has 0 radical (unpaired) electrons. The molecule has 0 atom stereocenters. The lowest BCUT2D eigenvalue weighted by Crippen LogP contribution is -2.18. The maximum atomic E-state index is 12.6.